The largest absolute Gasteiger partial charge is 0.756 e. The van der Waals surface area contributed by atoms with Gasteiger partial charge in [0.2, 0.25) is 5.91 Å². The number of hydrogen-bond donors (Lipinski definition) is 1. The van der Waals surface area contributed by atoms with Crippen molar-refractivity contribution in [3.05, 3.63) is 134 Å². The number of nitrogens with one attached hydrogen (secondary N) is 1. The minimum Gasteiger partial charge on any atom is -0.756 e. The van der Waals surface area contributed by atoms with Gasteiger partial charge in [-0.05, 0) is 115 Å². The van der Waals surface area contributed by atoms with Crippen LogP contribution in [-0.2, 0) is 27.9 Å². The maximum Gasteiger partial charge on any atom is 0.306 e. The monoisotopic (exact) mass is 1130 g/mol. The molecule has 0 spiro atoms. The van der Waals surface area contributed by atoms with Crippen molar-refractivity contribution in [1.82, 2.24) is 5.32 Å². The number of unbranched alkanes of at least 4 members (excludes halogenated alkanes) is 20. The maximum absolute atomic E-state index is 13.5. The number of quaternary nitrogens is 1. The van der Waals surface area contributed by atoms with Crippen LogP contribution in [0.25, 0.3) is 0 Å². The van der Waals surface area contributed by atoms with E-state index in [-0.39, 0.29) is 31.3 Å². The molecule has 0 aromatic heterocycles. The van der Waals surface area contributed by atoms with Crippen molar-refractivity contribution in [1.29, 1.82) is 0 Å². The highest BCUT2D eigenvalue weighted by Crippen LogP contribution is 2.38. The van der Waals surface area contributed by atoms with Crippen LogP contribution in [0.5, 0.6) is 0 Å². The van der Waals surface area contributed by atoms with E-state index in [2.05, 4.69) is 148 Å². The standard InChI is InChI=1S/C70H119N2O7P/c1-7-10-13-16-19-22-25-28-30-32-33-34-35-36-37-38-39-41-43-45-48-51-54-57-60-63-70(74)79-68(61-58-55-52-49-46-27-24-21-18-15-12-9-3)67(66-78-80(75,76)77-65-64-72(4,5)6)71-69(73)62-59-56-53-50-47-44-42-40-31-29-26-23-20-17-14-11-8-2/h10-11,13-14,19-20,22-23,28-31,33-34,36-37,42,44,50,53,58,61,67-68H,7-9,12,15-18,21,24-27,32,35,38-41,43,45-49,51-52,54-57,59-60,62-66H2,1-6H3,(H-,71,73,75,76)/b13-10-,14-11-,22-19-,23-20-,30-28-,31-29-,34-33-,37-36-,44-42-,53-50-,61-58-. The molecule has 9 nitrogen and oxygen atoms in total. The van der Waals surface area contributed by atoms with E-state index in [0.29, 0.717) is 23.9 Å². The second kappa shape index (κ2) is 58.4. The highest BCUT2D eigenvalue weighted by molar-refractivity contribution is 7.45. The third-order valence-electron chi connectivity index (χ3n) is 13.3. The average Bonchev–Trinajstić information content (AvgIpc) is 3.42. The lowest BCUT2D eigenvalue weighted by Gasteiger charge is -2.30. The van der Waals surface area contributed by atoms with E-state index in [9.17, 15) is 19.0 Å². The van der Waals surface area contributed by atoms with Crippen molar-refractivity contribution in [3.63, 3.8) is 0 Å². The molecular formula is C70H119N2O7P. The number of esters is 1. The predicted molar refractivity (Wildman–Crippen MR) is 343 cm³/mol. The number of carbonyl (C=O) groups is 2. The van der Waals surface area contributed by atoms with E-state index in [0.717, 1.165) is 116 Å². The molecule has 0 fully saturated rings. The van der Waals surface area contributed by atoms with Crippen LogP contribution in [0.15, 0.2) is 134 Å². The summed E-state index contributed by atoms with van der Waals surface area (Å²) in [6.07, 6.45) is 82.9. The summed E-state index contributed by atoms with van der Waals surface area (Å²) in [5, 5.41) is 2.99. The molecule has 10 heteroatoms. The zero-order valence-corrected chi connectivity index (χ0v) is 52.9. The van der Waals surface area contributed by atoms with Crippen LogP contribution in [0.4, 0.5) is 0 Å². The van der Waals surface area contributed by atoms with Crippen molar-refractivity contribution < 1.29 is 37.3 Å². The van der Waals surface area contributed by atoms with E-state index < -0.39 is 26.6 Å². The molecule has 0 aliphatic rings. The van der Waals surface area contributed by atoms with E-state index in [1.54, 1.807) is 0 Å². The van der Waals surface area contributed by atoms with Gasteiger partial charge < -0.3 is 28.5 Å². The number of rotatable bonds is 56. The SMILES string of the molecule is CC/C=C\C/C=C\C/C=C\C/C=C\C/C=C\CCCCCCCCCCCC(=O)OC(/C=C\CCCCCCCCCCCC)C(COP(=O)([O-])OCC[N+](C)(C)C)NC(=O)CCC/C=C\C/C=C\C/C=C\C/C=C\C/C=C\CC. The molecule has 0 aliphatic heterocycles. The molecule has 3 unspecified atom stereocenters. The molecule has 1 N–H and O–H groups in total. The molecule has 1 amide bonds. The Kier molecular flexibility index (Phi) is 55.5. The fourth-order valence-electron chi connectivity index (χ4n) is 8.47. The molecule has 0 heterocycles. The quantitative estimate of drug-likeness (QED) is 0.0212. The minimum atomic E-state index is -4.73. The summed E-state index contributed by atoms with van der Waals surface area (Å²) in [5.74, 6) is -0.625. The highest BCUT2D eigenvalue weighted by Gasteiger charge is 2.27. The molecule has 3 atom stereocenters. The van der Waals surface area contributed by atoms with Gasteiger partial charge in [0.1, 0.15) is 19.3 Å². The number of ether oxygens (including phenoxy) is 1. The van der Waals surface area contributed by atoms with Gasteiger partial charge in [-0.15, -0.1) is 0 Å². The van der Waals surface area contributed by atoms with Gasteiger partial charge in [-0.1, -0.05) is 251 Å². The molecule has 80 heavy (non-hydrogen) atoms. The summed E-state index contributed by atoms with van der Waals surface area (Å²) in [7, 11) is 1.13. The lowest BCUT2D eigenvalue weighted by atomic mass is 10.0. The van der Waals surface area contributed by atoms with Gasteiger partial charge in [-0.25, -0.2) is 0 Å². The second-order valence-electron chi connectivity index (χ2n) is 22.1. The van der Waals surface area contributed by atoms with Crippen molar-refractivity contribution in [3.8, 4) is 0 Å². The van der Waals surface area contributed by atoms with Crippen LogP contribution in [-0.4, -0.2) is 69.4 Å². The zero-order valence-electron chi connectivity index (χ0n) is 52.0. The summed E-state index contributed by atoms with van der Waals surface area (Å²) in [5.41, 5.74) is 0. The number of likely N-dealkylation sites (N-methyl/N-ethyl adjacent to an activating group) is 1. The average molecular weight is 1130 g/mol. The summed E-state index contributed by atoms with van der Waals surface area (Å²) in [6.45, 7) is 6.55. The topological polar surface area (TPSA) is 114 Å². The Labute approximate surface area is 492 Å². The molecule has 0 aliphatic carbocycles. The van der Waals surface area contributed by atoms with Crippen molar-refractivity contribution in [2.24, 2.45) is 0 Å². The third-order valence-corrected chi connectivity index (χ3v) is 14.3. The molecule has 0 radical (unpaired) electrons. The van der Waals surface area contributed by atoms with Crippen LogP contribution in [0.2, 0.25) is 0 Å². The lowest BCUT2D eigenvalue weighted by molar-refractivity contribution is -0.870. The number of phosphoric ester groups is 1. The van der Waals surface area contributed by atoms with E-state index >= 15 is 0 Å². The molecular weight excluding hydrogens is 1010 g/mol. The van der Waals surface area contributed by atoms with Crippen LogP contribution in [0.1, 0.15) is 245 Å². The number of carbonyl (C=O) groups excluding carboxylic acids is 2. The van der Waals surface area contributed by atoms with E-state index in [1.165, 1.54) is 83.5 Å². The number of nitrogens with zero attached hydrogens (tertiary/aromatic N) is 1. The minimum absolute atomic E-state index is 0.0410. The predicted octanol–water partition coefficient (Wildman–Crippen LogP) is 19.4. The molecule has 0 saturated carbocycles. The van der Waals surface area contributed by atoms with Gasteiger partial charge in [-0.3, -0.25) is 14.2 Å². The van der Waals surface area contributed by atoms with E-state index in [4.69, 9.17) is 13.8 Å². The number of allylic oxidation sites excluding steroid dienone is 21. The third kappa shape index (κ3) is 58.8. The Balaban J connectivity index is 5.26. The molecule has 0 aromatic rings. The Morgan fingerprint density at radius 2 is 0.812 bits per heavy atom. The fraction of sp³-hybridized carbons (Fsp3) is 0.657. The number of phosphoric acid groups is 1. The van der Waals surface area contributed by atoms with Crippen LogP contribution >= 0.6 is 7.82 Å². The number of hydrogen-bond acceptors (Lipinski definition) is 7. The van der Waals surface area contributed by atoms with Gasteiger partial charge in [0.25, 0.3) is 7.82 Å². The Bertz CT molecular complexity index is 1830. The molecule has 0 saturated heterocycles. The maximum atomic E-state index is 13.5. The molecule has 0 aromatic carbocycles. The van der Waals surface area contributed by atoms with Gasteiger partial charge in [-0.2, -0.15) is 0 Å². The van der Waals surface area contributed by atoms with Crippen LogP contribution in [0, 0.1) is 0 Å². The normalized spacial score (nSPS) is 14.5. The van der Waals surface area contributed by atoms with Crippen LogP contribution in [0.3, 0.4) is 0 Å². The van der Waals surface area contributed by atoms with Crippen molar-refractivity contribution in [2.45, 2.75) is 258 Å². The van der Waals surface area contributed by atoms with Gasteiger partial charge in [0.15, 0.2) is 0 Å². The molecule has 0 bridgehead atoms. The smallest absolute Gasteiger partial charge is 0.306 e. The van der Waals surface area contributed by atoms with Crippen LogP contribution < -0.4 is 10.2 Å². The lowest BCUT2D eigenvalue weighted by Crippen LogP contribution is -2.47. The Morgan fingerprint density at radius 1 is 0.450 bits per heavy atom. The van der Waals surface area contributed by atoms with Crippen molar-refractivity contribution >= 4 is 19.7 Å². The molecule has 0 rings (SSSR count). The Morgan fingerprint density at radius 3 is 1.23 bits per heavy atom. The van der Waals surface area contributed by atoms with Gasteiger partial charge in [0, 0.05) is 12.8 Å². The Hall–Kier alpha value is -3.85. The first kappa shape index (κ1) is 76.1. The van der Waals surface area contributed by atoms with Gasteiger partial charge >= 0.3 is 5.97 Å². The number of amides is 1. The van der Waals surface area contributed by atoms with Crippen molar-refractivity contribution in [2.75, 3.05) is 40.9 Å². The first-order valence-corrected chi connectivity index (χ1v) is 33.5. The summed E-state index contributed by atoms with van der Waals surface area (Å²) in [4.78, 5) is 40.0. The summed E-state index contributed by atoms with van der Waals surface area (Å²) < 4.78 is 30.3. The zero-order chi connectivity index (χ0) is 58.6. The highest BCUT2D eigenvalue weighted by atomic mass is 31.2. The second-order valence-corrected chi connectivity index (χ2v) is 23.6. The first-order chi connectivity index (χ1) is 38.9. The fourth-order valence-corrected chi connectivity index (χ4v) is 9.19. The van der Waals surface area contributed by atoms with E-state index in [1.807, 2.05) is 33.3 Å². The summed E-state index contributed by atoms with van der Waals surface area (Å²) in [6, 6.07) is -0.930. The summed E-state index contributed by atoms with van der Waals surface area (Å²) >= 11 is 0. The first-order valence-electron chi connectivity index (χ1n) is 32.0. The molecule has 456 valence electrons. The van der Waals surface area contributed by atoms with Gasteiger partial charge in [0.05, 0.1) is 33.8 Å².